The van der Waals surface area contributed by atoms with Crippen molar-refractivity contribution >= 4 is 11.8 Å². The minimum absolute atomic E-state index is 0.0598. The zero-order valence-corrected chi connectivity index (χ0v) is 19.6. The van der Waals surface area contributed by atoms with E-state index in [1.807, 2.05) is 17.0 Å². The number of aliphatic hydroxyl groups excluding tert-OH is 1. The van der Waals surface area contributed by atoms with E-state index in [1.165, 1.54) is 11.1 Å². The third kappa shape index (κ3) is 4.20. The number of nitrogens with one attached hydrogen (secondary N) is 1. The molecule has 8 nitrogen and oxygen atoms in total. The van der Waals surface area contributed by atoms with Gasteiger partial charge in [0.1, 0.15) is 5.75 Å². The summed E-state index contributed by atoms with van der Waals surface area (Å²) in [7, 11) is 0. The Kier molecular flexibility index (Phi) is 5.96. The normalized spacial score (nSPS) is 28.5. The molecule has 0 radical (unpaired) electrons. The number of morpholine rings is 1. The van der Waals surface area contributed by atoms with Crippen molar-refractivity contribution in [2.75, 3.05) is 26.3 Å². The Morgan fingerprint density at radius 1 is 1.06 bits per heavy atom. The third-order valence-corrected chi connectivity index (χ3v) is 7.82. The summed E-state index contributed by atoms with van der Waals surface area (Å²) in [5, 5.41) is 14.6. The van der Waals surface area contributed by atoms with Gasteiger partial charge in [-0.3, -0.25) is 9.59 Å². The standard InChI is InChI=1S/C27H31N3O5/c31-23(22-11-17-5-1-2-6-18(17)12-28-22)13-29-14-25(35-24-8-4-3-7-21(24)26(29)32)27(33)30-19-9-10-20(30)16-34-15-19/h1-8,19-20,22-23,25,28,31H,9-16H2/t19?,20?,22-,23+,25?/m0/s1. The molecule has 2 aromatic carbocycles. The topological polar surface area (TPSA) is 91.3 Å². The van der Waals surface area contributed by atoms with E-state index in [-0.39, 0.29) is 43.0 Å². The van der Waals surface area contributed by atoms with Crippen LogP contribution in [0.15, 0.2) is 48.5 Å². The summed E-state index contributed by atoms with van der Waals surface area (Å²) in [6.07, 6.45) is 0.932. The van der Waals surface area contributed by atoms with Gasteiger partial charge in [-0.25, -0.2) is 0 Å². The van der Waals surface area contributed by atoms with E-state index in [1.54, 1.807) is 29.2 Å². The fraction of sp³-hybridized carbons (Fsp3) is 0.481. The molecule has 4 aliphatic rings. The van der Waals surface area contributed by atoms with Crippen molar-refractivity contribution < 1.29 is 24.2 Å². The van der Waals surface area contributed by atoms with Crippen LogP contribution in [-0.2, 0) is 22.5 Å². The Balaban J connectivity index is 1.23. The number of hydrogen-bond donors (Lipinski definition) is 2. The van der Waals surface area contributed by atoms with Crippen LogP contribution in [0.4, 0.5) is 0 Å². The van der Waals surface area contributed by atoms with Gasteiger partial charge in [0.25, 0.3) is 11.8 Å². The highest BCUT2D eigenvalue weighted by atomic mass is 16.5. The molecule has 4 aliphatic heterocycles. The van der Waals surface area contributed by atoms with E-state index in [4.69, 9.17) is 9.47 Å². The number of ether oxygens (including phenoxy) is 2. The zero-order chi connectivity index (χ0) is 23.9. The van der Waals surface area contributed by atoms with Gasteiger partial charge in [-0.15, -0.1) is 0 Å². The van der Waals surface area contributed by atoms with E-state index in [0.29, 0.717) is 37.5 Å². The molecule has 4 heterocycles. The van der Waals surface area contributed by atoms with E-state index in [0.717, 1.165) is 12.8 Å². The number of para-hydroxylation sites is 1. The predicted octanol–water partition coefficient (Wildman–Crippen LogP) is 1.35. The first-order valence-electron chi connectivity index (χ1n) is 12.5. The maximum Gasteiger partial charge on any atom is 0.266 e. The smallest absolute Gasteiger partial charge is 0.266 e. The van der Waals surface area contributed by atoms with E-state index >= 15 is 0 Å². The molecular formula is C27H31N3O5. The molecular weight excluding hydrogens is 446 g/mol. The molecule has 0 aliphatic carbocycles. The van der Waals surface area contributed by atoms with Crippen LogP contribution in [0.5, 0.6) is 5.75 Å². The van der Waals surface area contributed by atoms with Crippen LogP contribution in [0.25, 0.3) is 0 Å². The lowest BCUT2D eigenvalue weighted by Crippen LogP contribution is -2.57. The number of carbonyl (C=O) groups is 2. The average molecular weight is 478 g/mol. The molecule has 2 fully saturated rings. The third-order valence-electron chi connectivity index (χ3n) is 7.82. The van der Waals surface area contributed by atoms with Gasteiger partial charge in [-0.2, -0.15) is 0 Å². The Bertz CT molecular complexity index is 1110. The Labute approximate surface area is 204 Å². The first-order valence-corrected chi connectivity index (χ1v) is 12.5. The van der Waals surface area contributed by atoms with Crippen LogP contribution in [0.1, 0.15) is 34.3 Å². The van der Waals surface area contributed by atoms with E-state index in [9.17, 15) is 14.7 Å². The van der Waals surface area contributed by atoms with Crippen molar-refractivity contribution in [3.63, 3.8) is 0 Å². The minimum atomic E-state index is -0.823. The van der Waals surface area contributed by atoms with E-state index in [2.05, 4.69) is 17.4 Å². The molecule has 0 saturated carbocycles. The van der Waals surface area contributed by atoms with Crippen molar-refractivity contribution in [3.05, 3.63) is 65.2 Å². The van der Waals surface area contributed by atoms with Gasteiger partial charge < -0.3 is 29.7 Å². The summed E-state index contributed by atoms with van der Waals surface area (Å²) in [4.78, 5) is 30.7. The van der Waals surface area contributed by atoms with Crippen LogP contribution in [0.2, 0.25) is 0 Å². The maximum atomic E-state index is 13.7. The molecule has 2 bridgehead atoms. The Morgan fingerprint density at radius 3 is 2.57 bits per heavy atom. The number of rotatable bonds is 4. The number of carbonyl (C=O) groups excluding carboxylic acids is 2. The molecule has 2 N–H and O–H groups in total. The SMILES string of the molecule is O=C1c2ccccc2OC(C(=O)N2C3CCC2COC3)CN1C[C@@H](O)[C@@H]1Cc2ccccc2CN1. The van der Waals surface area contributed by atoms with Gasteiger partial charge in [0.05, 0.1) is 43.5 Å². The second kappa shape index (κ2) is 9.26. The van der Waals surface area contributed by atoms with Gasteiger partial charge >= 0.3 is 0 Å². The largest absolute Gasteiger partial charge is 0.478 e. The van der Waals surface area contributed by atoms with Crippen LogP contribution in [0.3, 0.4) is 0 Å². The number of β-amino-alcohol motifs (C(OH)–C–C–N with tert-alkyl or cyclic N) is 1. The van der Waals surface area contributed by atoms with Crippen LogP contribution in [0, 0.1) is 0 Å². The number of fused-ring (bicyclic) bond motifs is 4. The van der Waals surface area contributed by atoms with Crippen molar-refractivity contribution in [1.82, 2.24) is 15.1 Å². The second-order valence-electron chi connectivity index (χ2n) is 10.0. The highest BCUT2D eigenvalue weighted by Crippen LogP contribution is 2.32. The van der Waals surface area contributed by atoms with Gasteiger partial charge in [-0.05, 0) is 42.5 Å². The summed E-state index contributed by atoms with van der Waals surface area (Å²) in [6, 6.07) is 15.2. The molecule has 2 amide bonds. The number of hydrogen-bond acceptors (Lipinski definition) is 6. The quantitative estimate of drug-likeness (QED) is 0.691. The molecule has 0 aromatic heterocycles. The summed E-state index contributed by atoms with van der Waals surface area (Å²) in [6.45, 7) is 1.99. The number of nitrogens with zero attached hydrogens (tertiary/aromatic N) is 2. The van der Waals surface area contributed by atoms with Gasteiger partial charge in [0.15, 0.2) is 6.10 Å². The highest BCUT2D eigenvalue weighted by molar-refractivity contribution is 5.98. The van der Waals surface area contributed by atoms with E-state index < -0.39 is 12.2 Å². The van der Waals surface area contributed by atoms with Gasteiger partial charge in [-0.1, -0.05) is 36.4 Å². The van der Waals surface area contributed by atoms with Crippen LogP contribution in [-0.4, -0.2) is 83.4 Å². The first-order chi connectivity index (χ1) is 17.1. The number of benzene rings is 2. The fourth-order valence-corrected chi connectivity index (χ4v) is 5.93. The predicted molar refractivity (Wildman–Crippen MR) is 128 cm³/mol. The van der Waals surface area contributed by atoms with Crippen molar-refractivity contribution in [1.29, 1.82) is 0 Å². The number of aliphatic hydroxyl groups is 1. The average Bonchev–Trinajstić information content (AvgIpc) is 3.05. The summed E-state index contributed by atoms with van der Waals surface area (Å²) in [5.74, 6) is 0.0868. The number of amides is 2. The molecule has 6 rings (SSSR count). The lowest BCUT2D eigenvalue weighted by atomic mass is 9.92. The molecule has 8 heteroatoms. The minimum Gasteiger partial charge on any atom is -0.478 e. The fourth-order valence-electron chi connectivity index (χ4n) is 5.93. The van der Waals surface area contributed by atoms with Crippen LogP contribution < -0.4 is 10.1 Å². The van der Waals surface area contributed by atoms with Crippen LogP contribution >= 0.6 is 0 Å². The van der Waals surface area contributed by atoms with Crippen molar-refractivity contribution in [2.24, 2.45) is 0 Å². The summed E-state index contributed by atoms with van der Waals surface area (Å²) < 4.78 is 11.8. The highest BCUT2D eigenvalue weighted by Gasteiger charge is 2.45. The second-order valence-corrected chi connectivity index (χ2v) is 10.0. The van der Waals surface area contributed by atoms with Gasteiger partial charge in [0.2, 0.25) is 0 Å². The first kappa shape index (κ1) is 22.5. The lowest BCUT2D eigenvalue weighted by Gasteiger charge is -2.37. The molecule has 2 aromatic rings. The Hall–Kier alpha value is -2.94. The van der Waals surface area contributed by atoms with Crippen molar-refractivity contribution in [2.45, 2.75) is 56.1 Å². The monoisotopic (exact) mass is 477 g/mol. The molecule has 5 atom stereocenters. The maximum absolute atomic E-state index is 13.7. The zero-order valence-electron chi connectivity index (χ0n) is 19.6. The Morgan fingerprint density at radius 2 is 1.77 bits per heavy atom. The molecule has 35 heavy (non-hydrogen) atoms. The lowest BCUT2D eigenvalue weighted by molar-refractivity contribution is -0.149. The summed E-state index contributed by atoms with van der Waals surface area (Å²) >= 11 is 0. The van der Waals surface area contributed by atoms with Gasteiger partial charge in [0, 0.05) is 19.1 Å². The molecule has 2 saturated heterocycles. The summed E-state index contributed by atoms with van der Waals surface area (Å²) in [5.41, 5.74) is 2.86. The molecule has 184 valence electrons. The van der Waals surface area contributed by atoms with Crippen molar-refractivity contribution in [3.8, 4) is 5.75 Å². The molecule has 3 unspecified atom stereocenters. The molecule has 0 spiro atoms.